The molecular formula is C19H23ClN4O2. The average Bonchev–Trinajstić information content (AvgIpc) is 2.87. The molecule has 4 heterocycles. The molecule has 1 aliphatic carbocycles. The van der Waals surface area contributed by atoms with Crippen LogP contribution in [0, 0.1) is 17.8 Å². The summed E-state index contributed by atoms with van der Waals surface area (Å²) in [7, 11) is 0. The highest BCUT2D eigenvalue weighted by molar-refractivity contribution is 6.31. The lowest BCUT2D eigenvalue weighted by molar-refractivity contribution is -0.0405. The van der Waals surface area contributed by atoms with Crippen molar-refractivity contribution < 1.29 is 4.79 Å². The van der Waals surface area contributed by atoms with Crippen LogP contribution in [-0.4, -0.2) is 45.7 Å². The maximum Gasteiger partial charge on any atom is 0.337 e. The van der Waals surface area contributed by atoms with E-state index >= 15 is 0 Å². The summed E-state index contributed by atoms with van der Waals surface area (Å²) in [5.41, 5.74) is 1.03. The molecule has 1 aromatic heterocycles. The number of piperidine rings is 3. The van der Waals surface area contributed by atoms with Gasteiger partial charge in [-0.15, -0.1) is 0 Å². The third kappa shape index (κ3) is 2.35. The highest BCUT2D eigenvalue weighted by Crippen LogP contribution is 2.43. The van der Waals surface area contributed by atoms with E-state index in [2.05, 4.69) is 10.2 Å². The molecule has 7 heteroatoms. The number of rotatable bonds is 2. The van der Waals surface area contributed by atoms with Crippen LogP contribution in [0.2, 0.25) is 5.02 Å². The number of hydrogen-bond donors (Lipinski definition) is 1. The number of nitrogens with zero attached hydrogens (tertiary/aromatic N) is 3. The molecule has 26 heavy (non-hydrogen) atoms. The smallest absolute Gasteiger partial charge is 0.334 e. The van der Waals surface area contributed by atoms with Gasteiger partial charge in [-0.3, -0.25) is 4.57 Å². The lowest BCUT2D eigenvalue weighted by atomic mass is 9.65. The number of fused-ring (bicyclic) bond motifs is 1. The third-order valence-electron chi connectivity index (χ3n) is 6.49. The van der Waals surface area contributed by atoms with Crippen LogP contribution in [0.5, 0.6) is 0 Å². The highest BCUT2D eigenvalue weighted by Gasteiger charge is 2.48. The second-order valence-corrected chi connectivity index (χ2v) is 8.48. The van der Waals surface area contributed by atoms with Gasteiger partial charge in [-0.25, -0.2) is 14.2 Å². The molecule has 4 aliphatic rings. The first-order valence-corrected chi connectivity index (χ1v) is 9.87. The van der Waals surface area contributed by atoms with Gasteiger partial charge < -0.3 is 10.2 Å². The van der Waals surface area contributed by atoms with Crippen LogP contribution >= 0.6 is 11.6 Å². The zero-order chi connectivity index (χ0) is 18.0. The van der Waals surface area contributed by atoms with Crippen molar-refractivity contribution in [3.8, 4) is 0 Å². The topological polar surface area (TPSA) is 59.3 Å². The Morgan fingerprint density at radius 1 is 1.19 bits per heavy atom. The Kier molecular flexibility index (Phi) is 3.69. The van der Waals surface area contributed by atoms with Gasteiger partial charge in [0.05, 0.1) is 11.0 Å². The van der Waals surface area contributed by atoms with Gasteiger partial charge in [0, 0.05) is 37.2 Å². The molecule has 2 unspecified atom stereocenters. The number of imidazole rings is 1. The normalized spacial score (nSPS) is 32.3. The summed E-state index contributed by atoms with van der Waals surface area (Å²) < 4.78 is 2.88. The van der Waals surface area contributed by atoms with Gasteiger partial charge in [0.15, 0.2) is 0 Å². The summed E-state index contributed by atoms with van der Waals surface area (Å²) in [5, 5.41) is 3.78. The van der Waals surface area contributed by atoms with E-state index in [1.54, 1.807) is 22.8 Å². The van der Waals surface area contributed by atoms with Crippen molar-refractivity contribution in [1.82, 2.24) is 19.4 Å². The molecule has 1 aromatic carbocycles. The number of nitrogens with one attached hydrogen (secondary N) is 1. The molecule has 0 spiro atoms. The predicted molar refractivity (Wildman–Crippen MR) is 101 cm³/mol. The molecule has 1 N–H and O–H groups in total. The number of carbonyl (C=O) groups excluding carboxylic acids is 1. The monoisotopic (exact) mass is 374 g/mol. The van der Waals surface area contributed by atoms with E-state index < -0.39 is 0 Å². The number of amides is 1. The van der Waals surface area contributed by atoms with E-state index in [1.165, 1.54) is 24.0 Å². The number of benzene rings is 1. The van der Waals surface area contributed by atoms with Crippen LogP contribution in [0.15, 0.2) is 23.0 Å². The van der Waals surface area contributed by atoms with E-state index in [0.717, 1.165) is 19.0 Å². The molecular weight excluding hydrogens is 352 g/mol. The largest absolute Gasteiger partial charge is 0.337 e. The van der Waals surface area contributed by atoms with E-state index in [9.17, 15) is 9.59 Å². The number of halogens is 1. The third-order valence-corrected chi connectivity index (χ3v) is 6.73. The van der Waals surface area contributed by atoms with E-state index in [4.69, 9.17) is 11.6 Å². The Labute approximate surface area is 156 Å². The van der Waals surface area contributed by atoms with Gasteiger partial charge in [-0.1, -0.05) is 11.6 Å². The average molecular weight is 375 g/mol. The molecule has 6 rings (SSSR count). The fourth-order valence-corrected chi connectivity index (χ4v) is 5.75. The van der Waals surface area contributed by atoms with Crippen molar-refractivity contribution in [2.75, 3.05) is 19.6 Å². The van der Waals surface area contributed by atoms with Crippen LogP contribution in [0.3, 0.4) is 0 Å². The molecule has 6 nitrogen and oxygen atoms in total. The Morgan fingerprint density at radius 3 is 2.58 bits per heavy atom. The molecule has 3 saturated heterocycles. The summed E-state index contributed by atoms with van der Waals surface area (Å²) in [5.74, 6) is 1.80. The summed E-state index contributed by atoms with van der Waals surface area (Å²) in [6.45, 7) is 5.76. The summed E-state index contributed by atoms with van der Waals surface area (Å²) >= 11 is 6.10. The molecule has 2 atom stereocenters. The zero-order valence-corrected chi connectivity index (χ0v) is 15.6. The Bertz CT molecular complexity index is 919. The standard InChI is InChI=1S/C19H23ClN4O2/c1-2-23-16-7-14(20)3-4-15(16)24(19(23)26)18(25)21-17-12-5-11-6-13(17)10-22(8-11)9-12/h3-4,7,11-13,17H,2,5-6,8-10H2,1H3,(H,21,25). The van der Waals surface area contributed by atoms with E-state index in [0.29, 0.717) is 34.4 Å². The van der Waals surface area contributed by atoms with Gasteiger partial charge in [-0.05, 0) is 55.7 Å². The number of aromatic nitrogens is 2. The second-order valence-electron chi connectivity index (χ2n) is 8.05. The minimum absolute atomic E-state index is 0.175. The van der Waals surface area contributed by atoms with Crippen molar-refractivity contribution in [2.24, 2.45) is 17.8 Å². The van der Waals surface area contributed by atoms with E-state index in [1.807, 2.05) is 6.92 Å². The first-order chi connectivity index (χ1) is 12.5. The fourth-order valence-electron chi connectivity index (χ4n) is 5.58. The molecule has 1 saturated carbocycles. The molecule has 138 valence electrons. The number of carbonyl (C=O) groups is 1. The molecule has 4 bridgehead atoms. The van der Waals surface area contributed by atoms with Crippen LogP contribution in [0.1, 0.15) is 19.8 Å². The summed E-state index contributed by atoms with van der Waals surface area (Å²) in [6, 6.07) is 5.11. The molecule has 3 aliphatic heterocycles. The van der Waals surface area contributed by atoms with Gasteiger partial charge in [0.1, 0.15) is 0 Å². The van der Waals surface area contributed by atoms with Gasteiger partial charge in [-0.2, -0.15) is 0 Å². The van der Waals surface area contributed by atoms with Crippen molar-refractivity contribution in [3.05, 3.63) is 33.7 Å². The first-order valence-electron chi connectivity index (χ1n) is 9.49. The maximum atomic E-state index is 13.1. The zero-order valence-electron chi connectivity index (χ0n) is 14.8. The Hall–Kier alpha value is -1.79. The van der Waals surface area contributed by atoms with Gasteiger partial charge in [0.25, 0.3) is 0 Å². The predicted octanol–water partition coefficient (Wildman–Crippen LogP) is 2.37. The lowest BCUT2D eigenvalue weighted by Crippen LogP contribution is -2.65. The minimum atomic E-state index is -0.304. The fraction of sp³-hybridized carbons (Fsp3) is 0.579. The summed E-state index contributed by atoms with van der Waals surface area (Å²) in [4.78, 5) is 28.4. The van der Waals surface area contributed by atoms with Crippen molar-refractivity contribution in [3.63, 3.8) is 0 Å². The van der Waals surface area contributed by atoms with E-state index in [-0.39, 0.29) is 17.8 Å². The van der Waals surface area contributed by atoms with Crippen molar-refractivity contribution in [2.45, 2.75) is 32.4 Å². The molecule has 0 radical (unpaired) electrons. The number of hydrogen-bond acceptors (Lipinski definition) is 3. The van der Waals surface area contributed by atoms with Crippen LogP contribution in [0.4, 0.5) is 4.79 Å². The molecule has 4 fully saturated rings. The first kappa shape index (κ1) is 16.4. The van der Waals surface area contributed by atoms with Crippen molar-refractivity contribution >= 4 is 28.7 Å². The Morgan fingerprint density at radius 2 is 1.92 bits per heavy atom. The SMILES string of the molecule is CCn1c(=O)n(C(=O)NC2C3CC4CC2CN(C4)C3)c2ccc(Cl)cc21. The minimum Gasteiger partial charge on any atom is -0.334 e. The quantitative estimate of drug-likeness (QED) is 0.878. The lowest BCUT2D eigenvalue weighted by Gasteiger charge is -2.55. The molecule has 1 amide bonds. The number of aryl methyl sites for hydroxylation is 1. The Balaban J connectivity index is 1.50. The molecule has 2 aromatic rings. The second kappa shape index (κ2) is 5.86. The van der Waals surface area contributed by atoms with Gasteiger partial charge >= 0.3 is 11.7 Å². The maximum absolute atomic E-state index is 13.1. The van der Waals surface area contributed by atoms with Crippen LogP contribution < -0.4 is 11.0 Å². The van der Waals surface area contributed by atoms with Gasteiger partial charge in [0.2, 0.25) is 0 Å². The summed E-state index contributed by atoms with van der Waals surface area (Å²) in [6.07, 6.45) is 2.39. The van der Waals surface area contributed by atoms with Crippen LogP contribution in [-0.2, 0) is 6.54 Å². The highest BCUT2D eigenvalue weighted by atomic mass is 35.5. The van der Waals surface area contributed by atoms with Crippen molar-refractivity contribution in [1.29, 1.82) is 0 Å². The van der Waals surface area contributed by atoms with Crippen LogP contribution in [0.25, 0.3) is 11.0 Å².